The van der Waals surface area contributed by atoms with Crippen LogP contribution in [0.2, 0.25) is 5.02 Å². The van der Waals surface area contributed by atoms with Gasteiger partial charge < -0.3 is 5.11 Å². The number of nitrogens with zero attached hydrogens (tertiary/aromatic N) is 1. The summed E-state index contributed by atoms with van der Waals surface area (Å²) in [7, 11) is -3.95. The lowest BCUT2D eigenvalue weighted by Crippen LogP contribution is -2.16. The van der Waals surface area contributed by atoms with Crippen molar-refractivity contribution in [1.29, 1.82) is 0 Å². The van der Waals surface area contributed by atoms with E-state index in [0.717, 1.165) is 0 Å². The number of aromatic nitrogens is 1. The fourth-order valence-electron chi connectivity index (χ4n) is 1.79. The average Bonchev–Trinajstić information content (AvgIpc) is 2.37. The van der Waals surface area contributed by atoms with E-state index in [1.165, 1.54) is 43.5 Å². The van der Waals surface area contributed by atoms with Crippen LogP contribution in [-0.4, -0.2) is 24.5 Å². The molecule has 6 nitrogen and oxygen atoms in total. The molecule has 0 fully saturated rings. The molecule has 1 aromatic heterocycles. The van der Waals surface area contributed by atoms with Gasteiger partial charge in [0.05, 0.1) is 10.5 Å². The minimum atomic E-state index is -3.95. The number of rotatable bonds is 4. The lowest BCUT2D eigenvalue weighted by atomic mass is 10.1. The van der Waals surface area contributed by atoms with Gasteiger partial charge in [0, 0.05) is 17.3 Å². The second-order valence-corrected chi connectivity index (χ2v) is 6.29. The van der Waals surface area contributed by atoms with Crippen LogP contribution in [0.5, 0.6) is 0 Å². The number of aromatic carboxylic acids is 1. The van der Waals surface area contributed by atoms with Gasteiger partial charge in [-0.15, -0.1) is 0 Å². The summed E-state index contributed by atoms with van der Waals surface area (Å²) in [5, 5.41) is 9.37. The van der Waals surface area contributed by atoms with Crippen molar-refractivity contribution in [3.8, 4) is 0 Å². The second-order valence-electron chi connectivity index (χ2n) is 4.20. The smallest absolute Gasteiger partial charge is 0.335 e. The van der Waals surface area contributed by atoms with Crippen LogP contribution in [0.15, 0.2) is 41.4 Å². The minimum absolute atomic E-state index is 0.0580. The number of hydrogen-bond donors (Lipinski definition) is 2. The van der Waals surface area contributed by atoms with Gasteiger partial charge in [0.25, 0.3) is 10.0 Å². The van der Waals surface area contributed by atoms with Crippen molar-refractivity contribution in [3.05, 3.63) is 52.7 Å². The van der Waals surface area contributed by atoms with E-state index in [-0.39, 0.29) is 21.8 Å². The van der Waals surface area contributed by atoms with Gasteiger partial charge >= 0.3 is 5.97 Å². The summed E-state index contributed by atoms with van der Waals surface area (Å²) in [6, 6.07) is 6.91. The predicted molar refractivity (Wildman–Crippen MR) is 78.2 cm³/mol. The molecule has 0 radical (unpaired) electrons. The van der Waals surface area contributed by atoms with E-state index < -0.39 is 16.0 Å². The highest BCUT2D eigenvalue weighted by Gasteiger charge is 2.21. The first-order valence-electron chi connectivity index (χ1n) is 5.78. The molecular formula is C13H11ClN2O4S. The quantitative estimate of drug-likeness (QED) is 0.900. The Kier molecular flexibility index (Phi) is 4.15. The standard InChI is InChI=1S/C13H11ClN2O4S/c1-8-10(13(17)18)3-2-4-11(8)21(19,20)16-12-7-9(14)5-6-15-12/h2-7H,1H3,(H,15,16)(H,17,18). The lowest BCUT2D eigenvalue weighted by Gasteiger charge is -2.11. The molecule has 0 saturated carbocycles. The molecule has 0 atom stereocenters. The third-order valence-electron chi connectivity index (χ3n) is 2.76. The number of sulfonamides is 1. The molecule has 0 bridgehead atoms. The number of pyridine rings is 1. The summed E-state index contributed by atoms with van der Waals surface area (Å²) >= 11 is 5.77. The summed E-state index contributed by atoms with van der Waals surface area (Å²) in [4.78, 5) is 14.8. The van der Waals surface area contributed by atoms with Crippen molar-refractivity contribution in [2.24, 2.45) is 0 Å². The van der Waals surface area contributed by atoms with E-state index in [0.29, 0.717) is 5.02 Å². The third kappa shape index (κ3) is 3.32. The van der Waals surface area contributed by atoms with E-state index >= 15 is 0 Å². The maximum absolute atomic E-state index is 12.3. The van der Waals surface area contributed by atoms with E-state index in [2.05, 4.69) is 9.71 Å². The number of anilines is 1. The monoisotopic (exact) mass is 326 g/mol. The highest BCUT2D eigenvalue weighted by molar-refractivity contribution is 7.92. The Morgan fingerprint density at radius 2 is 2.05 bits per heavy atom. The normalized spacial score (nSPS) is 11.1. The first-order chi connectivity index (χ1) is 9.81. The molecule has 2 rings (SSSR count). The zero-order valence-electron chi connectivity index (χ0n) is 10.9. The Bertz CT molecular complexity index is 806. The molecule has 110 valence electrons. The van der Waals surface area contributed by atoms with E-state index in [1.807, 2.05) is 0 Å². The van der Waals surface area contributed by atoms with Gasteiger partial charge in [-0.05, 0) is 30.7 Å². The van der Waals surface area contributed by atoms with Crippen molar-refractivity contribution in [3.63, 3.8) is 0 Å². The predicted octanol–water partition coefficient (Wildman–Crippen LogP) is 2.54. The zero-order chi connectivity index (χ0) is 15.6. The molecule has 1 heterocycles. The maximum atomic E-state index is 12.3. The SMILES string of the molecule is Cc1c(C(=O)O)cccc1S(=O)(=O)Nc1cc(Cl)ccn1. The topological polar surface area (TPSA) is 96.4 Å². The molecule has 8 heteroatoms. The molecule has 0 aliphatic heterocycles. The summed E-state index contributed by atoms with van der Waals surface area (Å²) < 4.78 is 26.9. The molecule has 0 unspecified atom stereocenters. The Hall–Kier alpha value is -2.12. The molecule has 0 aliphatic rings. The average molecular weight is 327 g/mol. The Balaban J connectivity index is 2.45. The number of carboxylic acids is 1. The van der Waals surface area contributed by atoms with Crippen molar-refractivity contribution >= 4 is 33.4 Å². The maximum Gasteiger partial charge on any atom is 0.335 e. The van der Waals surface area contributed by atoms with Crippen LogP contribution < -0.4 is 4.72 Å². The summed E-state index contributed by atoms with van der Waals surface area (Å²) in [6.07, 6.45) is 1.36. The van der Waals surface area contributed by atoms with Crippen molar-refractivity contribution in [1.82, 2.24) is 4.98 Å². The fourth-order valence-corrected chi connectivity index (χ4v) is 3.22. The summed E-state index contributed by atoms with van der Waals surface area (Å²) in [5.74, 6) is -1.13. The number of hydrogen-bond acceptors (Lipinski definition) is 4. The first kappa shape index (κ1) is 15.3. The molecule has 0 amide bonds. The molecule has 0 aliphatic carbocycles. The van der Waals surface area contributed by atoms with Crippen LogP contribution in [0.4, 0.5) is 5.82 Å². The molecule has 1 aromatic carbocycles. The highest BCUT2D eigenvalue weighted by atomic mass is 35.5. The summed E-state index contributed by atoms with van der Waals surface area (Å²) in [5.41, 5.74) is 0.0801. The van der Waals surface area contributed by atoms with Crippen LogP contribution in [0, 0.1) is 6.92 Å². The van der Waals surface area contributed by atoms with Gasteiger partial charge in [-0.2, -0.15) is 0 Å². The first-order valence-corrected chi connectivity index (χ1v) is 7.64. The third-order valence-corrected chi connectivity index (χ3v) is 4.50. The minimum Gasteiger partial charge on any atom is -0.478 e. The van der Waals surface area contributed by atoms with Crippen molar-refractivity contribution in [2.45, 2.75) is 11.8 Å². The van der Waals surface area contributed by atoms with Crippen LogP contribution in [0.1, 0.15) is 15.9 Å². The molecule has 0 saturated heterocycles. The lowest BCUT2D eigenvalue weighted by molar-refractivity contribution is 0.0696. The van der Waals surface area contributed by atoms with Gasteiger partial charge in [-0.1, -0.05) is 17.7 Å². The van der Waals surface area contributed by atoms with Gasteiger partial charge in [0.1, 0.15) is 5.82 Å². The highest BCUT2D eigenvalue weighted by Crippen LogP contribution is 2.22. The van der Waals surface area contributed by atoms with E-state index in [4.69, 9.17) is 16.7 Å². The number of carboxylic acid groups (broad SMARTS) is 1. The molecular weight excluding hydrogens is 316 g/mol. The van der Waals surface area contributed by atoms with E-state index in [9.17, 15) is 13.2 Å². The Morgan fingerprint density at radius 3 is 2.67 bits per heavy atom. The Morgan fingerprint density at radius 1 is 1.33 bits per heavy atom. The molecule has 2 N–H and O–H groups in total. The number of halogens is 1. The molecule has 2 aromatic rings. The molecule has 0 spiro atoms. The fraction of sp³-hybridized carbons (Fsp3) is 0.0769. The largest absolute Gasteiger partial charge is 0.478 e. The number of carbonyl (C=O) groups is 1. The van der Waals surface area contributed by atoms with Crippen LogP contribution in [-0.2, 0) is 10.0 Å². The van der Waals surface area contributed by atoms with Gasteiger partial charge in [-0.25, -0.2) is 18.2 Å². The van der Waals surface area contributed by atoms with Crippen molar-refractivity contribution in [2.75, 3.05) is 4.72 Å². The van der Waals surface area contributed by atoms with E-state index in [1.54, 1.807) is 0 Å². The van der Waals surface area contributed by atoms with Crippen molar-refractivity contribution < 1.29 is 18.3 Å². The van der Waals surface area contributed by atoms with Gasteiger partial charge in [0.15, 0.2) is 0 Å². The number of benzene rings is 1. The van der Waals surface area contributed by atoms with Gasteiger partial charge in [-0.3, -0.25) is 4.72 Å². The van der Waals surface area contributed by atoms with Gasteiger partial charge in [0.2, 0.25) is 0 Å². The van der Waals surface area contributed by atoms with Crippen LogP contribution in [0.3, 0.4) is 0 Å². The second kappa shape index (κ2) is 5.71. The molecule has 21 heavy (non-hydrogen) atoms. The zero-order valence-corrected chi connectivity index (χ0v) is 12.4. The van der Waals surface area contributed by atoms with Crippen LogP contribution >= 0.6 is 11.6 Å². The Labute approximate surface area is 126 Å². The number of nitrogens with one attached hydrogen (secondary N) is 1. The van der Waals surface area contributed by atoms with Crippen LogP contribution in [0.25, 0.3) is 0 Å². The summed E-state index contributed by atoms with van der Waals surface area (Å²) in [6.45, 7) is 1.43.